The second-order valence-corrected chi connectivity index (χ2v) is 4.83. The molecule has 0 spiro atoms. The summed E-state index contributed by atoms with van der Waals surface area (Å²) in [6.45, 7) is 3.35. The second-order valence-electron chi connectivity index (χ2n) is 4.83. The average molecular weight is 251 g/mol. The number of nitrogens with zero attached hydrogens (tertiary/aromatic N) is 2. The number of hydrogen-bond donors (Lipinski definition) is 2. The van der Waals surface area contributed by atoms with E-state index in [1.54, 1.807) is 6.92 Å². The summed E-state index contributed by atoms with van der Waals surface area (Å²) in [5, 5.41) is 9.26. The predicted octanol–water partition coefficient (Wildman–Crippen LogP) is 0.586. The number of nitrogens with one attached hydrogen (secondary N) is 1. The van der Waals surface area contributed by atoms with Crippen LogP contribution in [0.15, 0.2) is 4.79 Å². The SMILES string of the molecule is Cc1[nH]c(=O)nc(C2CCCN(C)C2)c1C(=O)O. The van der Waals surface area contributed by atoms with Crippen molar-refractivity contribution in [2.75, 3.05) is 20.1 Å². The van der Waals surface area contributed by atoms with Gasteiger partial charge in [0.1, 0.15) is 5.56 Å². The lowest BCUT2D eigenvalue weighted by molar-refractivity contribution is 0.0692. The summed E-state index contributed by atoms with van der Waals surface area (Å²) >= 11 is 0. The lowest BCUT2D eigenvalue weighted by Crippen LogP contribution is -2.33. The van der Waals surface area contributed by atoms with Crippen LogP contribution in [0, 0.1) is 6.92 Å². The molecule has 2 heterocycles. The van der Waals surface area contributed by atoms with Gasteiger partial charge in [0.05, 0.1) is 5.69 Å². The third-order valence-corrected chi connectivity index (χ3v) is 3.37. The minimum Gasteiger partial charge on any atom is -0.478 e. The third-order valence-electron chi connectivity index (χ3n) is 3.37. The zero-order valence-corrected chi connectivity index (χ0v) is 10.6. The van der Waals surface area contributed by atoms with E-state index in [-0.39, 0.29) is 11.5 Å². The quantitative estimate of drug-likeness (QED) is 0.803. The molecule has 0 aliphatic carbocycles. The summed E-state index contributed by atoms with van der Waals surface area (Å²) in [5.74, 6) is -1.00. The van der Waals surface area contributed by atoms with Crippen LogP contribution in [-0.2, 0) is 0 Å². The van der Waals surface area contributed by atoms with Gasteiger partial charge < -0.3 is 15.0 Å². The molecule has 0 saturated carbocycles. The Morgan fingerprint density at radius 3 is 2.89 bits per heavy atom. The molecule has 0 bridgehead atoms. The summed E-state index contributed by atoms with van der Waals surface area (Å²) in [7, 11) is 1.99. The molecule has 18 heavy (non-hydrogen) atoms. The van der Waals surface area contributed by atoms with Gasteiger partial charge in [0, 0.05) is 18.2 Å². The predicted molar refractivity (Wildman–Crippen MR) is 66.0 cm³/mol. The number of aromatic carboxylic acids is 1. The summed E-state index contributed by atoms with van der Waals surface area (Å²) in [6, 6.07) is 0. The molecular formula is C12H17N3O3. The number of likely N-dealkylation sites (tertiary alicyclic amines) is 1. The lowest BCUT2D eigenvalue weighted by Gasteiger charge is -2.29. The van der Waals surface area contributed by atoms with Crippen LogP contribution in [0.1, 0.15) is 40.5 Å². The van der Waals surface area contributed by atoms with Crippen molar-refractivity contribution >= 4 is 5.97 Å². The first kappa shape index (κ1) is 12.8. The zero-order valence-electron chi connectivity index (χ0n) is 10.6. The number of piperidine rings is 1. The number of H-pyrrole nitrogens is 1. The Bertz CT molecular complexity index is 524. The first-order valence-corrected chi connectivity index (χ1v) is 6.01. The van der Waals surface area contributed by atoms with Crippen molar-refractivity contribution in [3.8, 4) is 0 Å². The van der Waals surface area contributed by atoms with E-state index in [1.807, 2.05) is 7.05 Å². The number of aryl methyl sites for hydroxylation is 1. The van der Waals surface area contributed by atoms with Crippen molar-refractivity contribution in [3.63, 3.8) is 0 Å². The number of carbonyl (C=O) groups is 1. The molecule has 6 heteroatoms. The summed E-state index contributed by atoms with van der Waals surface area (Å²) in [5.41, 5.74) is 0.483. The number of carboxylic acids is 1. The van der Waals surface area contributed by atoms with Crippen LogP contribution in [-0.4, -0.2) is 46.1 Å². The Morgan fingerprint density at radius 2 is 2.28 bits per heavy atom. The molecule has 0 aromatic carbocycles. The summed E-state index contributed by atoms with van der Waals surface area (Å²) < 4.78 is 0. The number of rotatable bonds is 2. The second kappa shape index (κ2) is 4.89. The maximum atomic E-state index is 11.4. The molecule has 1 aromatic heterocycles. The number of aromatic nitrogens is 2. The first-order valence-electron chi connectivity index (χ1n) is 6.01. The highest BCUT2D eigenvalue weighted by molar-refractivity contribution is 5.90. The number of carboxylic acid groups (broad SMARTS) is 1. The molecule has 1 atom stereocenters. The molecule has 1 aromatic rings. The van der Waals surface area contributed by atoms with Crippen LogP contribution in [0.4, 0.5) is 0 Å². The number of hydrogen-bond acceptors (Lipinski definition) is 4. The van der Waals surface area contributed by atoms with Crippen LogP contribution < -0.4 is 5.69 Å². The molecule has 0 radical (unpaired) electrons. The Morgan fingerprint density at radius 1 is 1.56 bits per heavy atom. The zero-order chi connectivity index (χ0) is 13.3. The number of aromatic amines is 1. The van der Waals surface area contributed by atoms with E-state index in [2.05, 4.69) is 14.9 Å². The molecule has 1 aliphatic heterocycles. The maximum absolute atomic E-state index is 11.4. The molecule has 1 fully saturated rings. The normalized spacial score (nSPS) is 20.9. The van der Waals surface area contributed by atoms with Crippen molar-refractivity contribution < 1.29 is 9.90 Å². The smallest absolute Gasteiger partial charge is 0.345 e. The van der Waals surface area contributed by atoms with Gasteiger partial charge in [0.15, 0.2) is 0 Å². The van der Waals surface area contributed by atoms with Crippen LogP contribution in [0.3, 0.4) is 0 Å². The average Bonchev–Trinajstić information content (AvgIpc) is 2.27. The Kier molecular flexibility index (Phi) is 3.47. The fraction of sp³-hybridized carbons (Fsp3) is 0.583. The van der Waals surface area contributed by atoms with E-state index in [1.165, 1.54) is 0 Å². The minimum atomic E-state index is -1.03. The molecule has 1 unspecified atom stereocenters. The molecule has 1 saturated heterocycles. The van der Waals surface area contributed by atoms with Gasteiger partial charge in [0.25, 0.3) is 0 Å². The largest absolute Gasteiger partial charge is 0.478 e. The fourth-order valence-electron chi connectivity index (χ4n) is 2.56. The van der Waals surface area contributed by atoms with E-state index < -0.39 is 11.7 Å². The first-order chi connectivity index (χ1) is 8.49. The molecule has 1 aliphatic rings. The van der Waals surface area contributed by atoms with Gasteiger partial charge >= 0.3 is 11.7 Å². The standard InChI is InChI=1S/C12H17N3O3/c1-7-9(11(16)17)10(14-12(18)13-7)8-4-3-5-15(2)6-8/h8H,3-6H2,1-2H3,(H,16,17)(H,13,14,18). The highest BCUT2D eigenvalue weighted by atomic mass is 16.4. The van der Waals surface area contributed by atoms with Crippen molar-refractivity contribution in [2.24, 2.45) is 0 Å². The highest BCUT2D eigenvalue weighted by Gasteiger charge is 2.26. The van der Waals surface area contributed by atoms with E-state index in [0.717, 1.165) is 25.9 Å². The monoisotopic (exact) mass is 251 g/mol. The maximum Gasteiger partial charge on any atom is 0.345 e. The summed E-state index contributed by atoms with van der Waals surface area (Å²) in [6.07, 6.45) is 1.87. The lowest BCUT2D eigenvalue weighted by atomic mass is 9.91. The van der Waals surface area contributed by atoms with E-state index in [0.29, 0.717) is 11.4 Å². The van der Waals surface area contributed by atoms with Crippen LogP contribution in [0.25, 0.3) is 0 Å². The van der Waals surface area contributed by atoms with Crippen molar-refractivity contribution in [1.82, 2.24) is 14.9 Å². The highest BCUT2D eigenvalue weighted by Crippen LogP contribution is 2.27. The van der Waals surface area contributed by atoms with Gasteiger partial charge in [-0.15, -0.1) is 0 Å². The van der Waals surface area contributed by atoms with E-state index >= 15 is 0 Å². The summed E-state index contributed by atoms with van der Waals surface area (Å²) in [4.78, 5) is 31.2. The molecule has 2 N–H and O–H groups in total. The molecular weight excluding hydrogens is 234 g/mol. The van der Waals surface area contributed by atoms with Crippen LogP contribution in [0.2, 0.25) is 0 Å². The minimum absolute atomic E-state index is 0.0239. The van der Waals surface area contributed by atoms with E-state index in [4.69, 9.17) is 0 Å². The Hall–Kier alpha value is -1.69. The third kappa shape index (κ3) is 2.43. The van der Waals surface area contributed by atoms with Gasteiger partial charge in [-0.1, -0.05) is 0 Å². The van der Waals surface area contributed by atoms with E-state index in [9.17, 15) is 14.7 Å². The molecule has 98 valence electrons. The Labute approximate surface area is 105 Å². The molecule has 2 rings (SSSR count). The van der Waals surface area contributed by atoms with Gasteiger partial charge in [0.2, 0.25) is 0 Å². The Balaban J connectivity index is 2.48. The van der Waals surface area contributed by atoms with Crippen molar-refractivity contribution in [2.45, 2.75) is 25.7 Å². The molecule has 0 amide bonds. The van der Waals surface area contributed by atoms with Gasteiger partial charge in [-0.25, -0.2) is 9.59 Å². The van der Waals surface area contributed by atoms with Crippen molar-refractivity contribution in [3.05, 3.63) is 27.4 Å². The topological polar surface area (TPSA) is 86.3 Å². The number of likely N-dealkylation sites (N-methyl/N-ethyl adjacent to an activating group) is 1. The van der Waals surface area contributed by atoms with Gasteiger partial charge in [-0.3, -0.25) is 0 Å². The fourth-order valence-corrected chi connectivity index (χ4v) is 2.56. The van der Waals surface area contributed by atoms with Crippen molar-refractivity contribution in [1.29, 1.82) is 0 Å². The van der Waals surface area contributed by atoms with Gasteiger partial charge in [-0.05, 0) is 33.4 Å². The van der Waals surface area contributed by atoms with Crippen LogP contribution >= 0.6 is 0 Å². The van der Waals surface area contributed by atoms with Crippen LogP contribution in [0.5, 0.6) is 0 Å². The van der Waals surface area contributed by atoms with Gasteiger partial charge in [-0.2, -0.15) is 4.98 Å². The molecule has 6 nitrogen and oxygen atoms in total.